The van der Waals surface area contributed by atoms with Gasteiger partial charge in [-0.15, -0.1) is 0 Å². The third kappa shape index (κ3) is 5.05. The number of carboxylic acids is 1. The van der Waals surface area contributed by atoms with Crippen LogP contribution in [0.2, 0.25) is 0 Å². The summed E-state index contributed by atoms with van der Waals surface area (Å²) in [5, 5.41) is 19.0. The van der Waals surface area contributed by atoms with Crippen molar-refractivity contribution in [3.05, 3.63) is 101 Å². The molecule has 1 aliphatic rings. The van der Waals surface area contributed by atoms with E-state index < -0.39 is 18.1 Å². The molecule has 1 aliphatic heterocycles. The maximum absolute atomic E-state index is 14.0. The molecule has 4 rings (SSSR count). The van der Waals surface area contributed by atoms with E-state index in [1.54, 1.807) is 53.4 Å². The van der Waals surface area contributed by atoms with Gasteiger partial charge in [0.2, 0.25) is 6.41 Å². The van der Waals surface area contributed by atoms with Crippen LogP contribution >= 0.6 is 0 Å². The second-order valence-electron chi connectivity index (χ2n) is 8.51. The first kappa shape index (κ1) is 24.5. The van der Waals surface area contributed by atoms with E-state index in [1.807, 2.05) is 30.3 Å². The van der Waals surface area contributed by atoms with Crippen LogP contribution in [0, 0.1) is 5.41 Å². The summed E-state index contributed by atoms with van der Waals surface area (Å²) in [7, 11) is 0. The Morgan fingerprint density at radius 1 is 1.03 bits per heavy atom. The standard InChI is InChI=1S/C27H27N5O4/c28-26(29)20-12-10-19(11-13-20)25-23(16-24(34)35)32(30-17-33)22-9-5-4-8-21(22)27(36)31(25)15-14-18-6-2-1-3-7-18/h1-13,17,23,25H,14-16H2,(H3,28,29)(H,30,33)(H,34,35). The number of nitrogens with one attached hydrogen (secondary N) is 2. The van der Waals surface area contributed by atoms with Crippen molar-refractivity contribution in [2.24, 2.45) is 5.73 Å². The molecule has 2 amide bonds. The minimum absolute atomic E-state index is 0.0989. The van der Waals surface area contributed by atoms with Crippen molar-refractivity contribution in [3.8, 4) is 0 Å². The average Bonchev–Trinajstić information content (AvgIpc) is 2.97. The summed E-state index contributed by atoms with van der Waals surface area (Å²) >= 11 is 0. The average molecular weight is 486 g/mol. The molecule has 0 radical (unpaired) electrons. The molecular formula is C27H27N5O4. The molecule has 5 N–H and O–H groups in total. The number of carbonyl (C=O) groups is 3. The van der Waals surface area contributed by atoms with Crippen LogP contribution in [0.4, 0.5) is 5.69 Å². The number of nitrogen functional groups attached to an aromatic ring is 1. The summed E-state index contributed by atoms with van der Waals surface area (Å²) in [4.78, 5) is 39.3. The zero-order valence-corrected chi connectivity index (χ0v) is 19.5. The normalized spacial score (nSPS) is 17.2. The van der Waals surface area contributed by atoms with Gasteiger partial charge in [0.25, 0.3) is 5.91 Å². The summed E-state index contributed by atoms with van der Waals surface area (Å²) in [6, 6.07) is 21.8. The Hall–Kier alpha value is -4.66. The van der Waals surface area contributed by atoms with E-state index in [1.165, 1.54) is 5.01 Å². The molecule has 3 aromatic rings. The van der Waals surface area contributed by atoms with Crippen molar-refractivity contribution < 1.29 is 19.5 Å². The maximum atomic E-state index is 14.0. The van der Waals surface area contributed by atoms with E-state index in [0.29, 0.717) is 41.8 Å². The second-order valence-corrected chi connectivity index (χ2v) is 8.51. The largest absolute Gasteiger partial charge is 0.481 e. The molecule has 0 aliphatic carbocycles. The highest BCUT2D eigenvalue weighted by Crippen LogP contribution is 2.38. The molecule has 9 nitrogen and oxygen atoms in total. The number of aliphatic carboxylic acids is 1. The van der Waals surface area contributed by atoms with Gasteiger partial charge >= 0.3 is 5.97 Å². The SMILES string of the molecule is N=C(N)c1ccc(C2C(CC(=O)O)N(NC=O)c3ccccc3C(=O)N2CCc2ccccc2)cc1. The van der Waals surface area contributed by atoms with E-state index in [4.69, 9.17) is 11.1 Å². The number of carbonyl (C=O) groups excluding carboxylic acids is 2. The maximum Gasteiger partial charge on any atom is 0.305 e. The number of para-hydroxylation sites is 1. The van der Waals surface area contributed by atoms with Crippen molar-refractivity contribution in [3.63, 3.8) is 0 Å². The lowest BCUT2D eigenvalue weighted by atomic mass is 9.93. The molecule has 0 saturated carbocycles. The fourth-order valence-electron chi connectivity index (χ4n) is 4.67. The van der Waals surface area contributed by atoms with Crippen LogP contribution in [0.3, 0.4) is 0 Å². The topological polar surface area (TPSA) is 140 Å². The van der Waals surface area contributed by atoms with Gasteiger partial charge in [-0.1, -0.05) is 66.7 Å². The zero-order valence-electron chi connectivity index (χ0n) is 19.5. The van der Waals surface area contributed by atoms with E-state index in [0.717, 1.165) is 5.56 Å². The number of hydrogen-bond donors (Lipinski definition) is 4. The summed E-state index contributed by atoms with van der Waals surface area (Å²) in [5.74, 6) is -1.44. The number of benzene rings is 3. The number of fused-ring (bicyclic) bond motifs is 1. The van der Waals surface area contributed by atoms with Crippen molar-refractivity contribution in [2.75, 3.05) is 11.6 Å². The molecule has 184 valence electrons. The second kappa shape index (κ2) is 10.7. The lowest BCUT2D eigenvalue weighted by Gasteiger charge is -2.39. The van der Waals surface area contributed by atoms with Crippen LogP contribution in [0.15, 0.2) is 78.9 Å². The van der Waals surface area contributed by atoms with Crippen molar-refractivity contribution >= 4 is 29.8 Å². The molecule has 0 fully saturated rings. The van der Waals surface area contributed by atoms with Crippen molar-refractivity contribution in [2.45, 2.75) is 24.9 Å². The molecule has 2 unspecified atom stereocenters. The molecule has 36 heavy (non-hydrogen) atoms. The van der Waals surface area contributed by atoms with Gasteiger partial charge in [0.1, 0.15) is 5.84 Å². The molecule has 0 bridgehead atoms. The van der Waals surface area contributed by atoms with Gasteiger partial charge in [-0.3, -0.25) is 30.2 Å². The van der Waals surface area contributed by atoms with Crippen LogP contribution in [-0.4, -0.2) is 46.7 Å². The van der Waals surface area contributed by atoms with Crippen LogP contribution in [-0.2, 0) is 16.0 Å². The molecular weight excluding hydrogens is 458 g/mol. The smallest absolute Gasteiger partial charge is 0.305 e. The Kier molecular flexibility index (Phi) is 7.29. The first-order valence-corrected chi connectivity index (χ1v) is 11.5. The third-order valence-electron chi connectivity index (χ3n) is 6.31. The minimum Gasteiger partial charge on any atom is -0.481 e. The number of amidine groups is 1. The van der Waals surface area contributed by atoms with Gasteiger partial charge in [0.05, 0.1) is 29.8 Å². The Morgan fingerprint density at radius 2 is 1.69 bits per heavy atom. The number of hydrogen-bond acceptors (Lipinski definition) is 5. The van der Waals surface area contributed by atoms with Crippen molar-refractivity contribution in [1.82, 2.24) is 10.3 Å². The predicted molar refractivity (Wildman–Crippen MR) is 136 cm³/mol. The predicted octanol–water partition coefficient (Wildman–Crippen LogP) is 2.72. The number of anilines is 1. The summed E-state index contributed by atoms with van der Waals surface area (Å²) < 4.78 is 0. The fourth-order valence-corrected chi connectivity index (χ4v) is 4.67. The highest BCUT2D eigenvalue weighted by molar-refractivity contribution is 6.01. The third-order valence-corrected chi connectivity index (χ3v) is 6.31. The lowest BCUT2D eigenvalue weighted by molar-refractivity contribution is -0.138. The summed E-state index contributed by atoms with van der Waals surface area (Å²) in [6.45, 7) is 0.321. The Bertz CT molecular complexity index is 1260. The molecule has 3 aromatic carbocycles. The molecule has 0 saturated heterocycles. The molecule has 9 heteroatoms. The van der Waals surface area contributed by atoms with Crippen LogP contribution in [0.1, 0.15) is 39.5 Å². The molecule has 1 heterocycles. The number of nitrogens with two attached hydrogens (primary N) is 1. The first-order chi connectivity index (χ1) is 17.4. The Morgan fingerprint density at radius 3 is 2.33 bits per heavy atom. The van der Waals surface area contributed by atoms with Crippen LogP contribution in [0.25, 0.3) is 0 Å². The van der Waals surface area contributed by atoms with Crippen LogP contribution in [0.5, 0.6) is 0 Å². The van der Waals surface area contributed by atoms with Gasteiger partial charge in [0, 0.05) is 12.1 Å². The van der Waals surface area contributed by atoms with Crippen molar-refractivity contribution in [1.29, 1.82) is 5.41 Å². The number of hydrazine groups is 1. The van der Waals surface area contributed by atoms with E-state index in [2.05, 4.69) is 5.43 Å². The number of amides is 2. The van der Waals surface area contributed by atoms with Gasteiger partial charge in [0.15, 0.2) is 0 Å². The highest BCUT2D eigenvalue weighted by atomic mass is 16.4. The van der Waals surface area contributed by atoms with Gasteiger partial charge < -0.3 is 15.7 Å². The highest BCUT2D eigenvalue weighted by Gasteiger charge is 2.42. The molecule has 0 spiro atoms. The van der Waals surface area contributed by atoms with Crippen LogP contribution < -0.4 is 16.2 Å². The molecule has 0 aromatic heterocycles. The Balaban J connectivity index is 1.88. The van der Waals surface area contributed by atoms with E-state index in [-0.39, 0.29) is 18.2 Å². The minimum atomic E-state index is -1.07. The number of carboxylic acid groups (broad SMARTS) is 1. The zero-order chi connectivity index (χ0) is 25.7. The monoisotopic (exact) mass is 485 g/mol. The molecule has 2 atom stereocenters. The van der Waals surface area contributed by atoms with E-state index >= 15 is 0 Å². The first-order valence-electron chi connectivity index (χ1n) is 11.5. The lowest BCUT2D eigenvalue weighted by Crippen LogP contribution is -2.52. The van der Waals surface area contributed by atoms with E-state index in [9.17, 15) is 19.5 Å². The van der Waals surface area contributed by atoms with Gasteiger partial charge in [-0.2, -0.15) is 0 Å². The Labute approximate surface area is 208 Å². The summed E-state index contributed by atoms with van der Waals surface area (Å²) in [6.07, 6.45) is 0.687. The quantitative estimate of drug-likeness (QED) is 0.209. The fraction of sp³-hybridized carbons (Fsp3) is 0.185. The number of rotatable bonds is 9. The summed E-state index contributed by atoms with van der Waals surface area (Å²) in [5.41, 5.74) is 11.3. The van der Waals surface area contributed by atoms with Gasteiger partial charge in [-0.05, 0) is 29.7 Å². The number of nitrogens with zero attached hydrogens (tertiary/aromatic N) is 2. The van der Waals surface area contributed by atoms with Gasteiger partial charge in [-0.25, -0.2) is 0 Å².